The number of benzene rings is 1. The molecule has 1 N–H and O–H groups in total. The molecule has 144 valence electrons. The minimum atomic E-state index is -3.55. The topological polar surface area (TPSA) is 102 Å². The lowest BCUT2D eigenvalue weighted by atomic mass is 10.3. The van der Waals surface area contributed by atoms with Crippen molar-refractivity contribution in [2.75, 3.05) is 39.1 Å². The van der Waals surface area contributed by atoms with Gasteiger partial charge in [-0.05, 0) is 18.2 Å². The molecule has 0 radical (unpaired) electrons. The molecule has 0 spiro atoms. The summed E-state index contributed by atoms with van der Waals surface area (Å²) in [5.74, 6) is 0.000303. The number of sulfonamides is 1. The molecule has 0 aliphatic carbocycles. The Morgan fingerprint density at radius 1 is 1.35 bits per heavy atom. The van der Waals surface area contributed by atoms with Crippen molar-refractivity contribution in [2.45, 2.75) is 24.0 Å². The van der Waals surface area contributed by atoms with Gasteiger partial charge in [-0.3, -0.25) is 4.79 Å². The lowest BCUT2D eigenvalue weighted by Gasteiger charge is -2.18. The molecule has 26 heavy (non-hydrogen) atoms. The van der Waals surface area contributed by atoms with Crippen LogP contribution in [0.4, 0.5) is 0 Å². The number of hydrogen-bond acceptors (Lipinski definition) is 7. The maximum Gasteiger partial charge on any atom is 0.257 e. The van der Waals surface area contributed by atoms with Crippen molar-refractivity contribution >= 4 is 38.8 Å². The van der Waals surface area contributed by atoms with Crippen LogP contribution < -0.4 is 5.32 Å². The van der Waals surface area contributed by atoms with Crippen LogP contribution in [0.25, 0.3) is 11.1 Å². The van der Waals surface area contributed by atoms with Gasteiger partial charge in [-0.2, -0.15) is 4.31 Å². The summed E-state index contributed by atoms with van der Waals surface area (Å²) in [5.41, 5.74) is 0.923. The minimum absolute atomic E-state index is 0.154. The van der Waals surface area contributed by atoms with Crippen molar-refractivity contribution < 1.29 is 22.4 Å². The molecule has 2 aromatic rings. The predicted molar refractivity (Wildman–Crippen MR) is 99.7 cm³/mol. The monoisotopic (exact) mass is 401 g/mol. The number of fused-ring (bicyclic) bond motifs is 1. The van der Waals surface area contributed by atoms with Gasteiger partial charge in [-0.25, -0.2) is 13.4 Å². The van der Waals surface area contributed by atoms with Crippen LogP contribution in [-0.4, -0.2) is 62.7 Å². The van der Waals surface area contributed by atoms with E-state index in [1.807, 2.05) is 0 Å². The number of ether oxygens (including phenoxy) is 1. The zero-order valence-corrected chi connectivity index (χ0v) is 16.7. The van der Waals surface area contributed by atoms with E-state index in [1.165, 1.54) is 16.4 Å². The minimum Gasteiger partial charge on any atom is -0.431 e. The Balaban J connectivity index is 2.11. The first kappa shape index (κ1) is 20.7. The number of hydrogen-bond donors (Lipinski definition) is 1. The molecule has 0 fully saturated rings. The number of carbonyl (C=O) groups excluding carboxylic acids is 1. The lowest BCUT2D eigenvalue weighted by Crippen LogP contribution is -2.30. The molecular formula is C16H23N3O5S2. The highest BCUT2D eigenvalue weighted by Crippen LogP contribution is 2.26. The summed E-state index contributed by atoms with van der Waals surface area (Å²) in [6, 6.07) is 4.59. The van der Waals surface area contributed by atoms with Crippen molar-refractivity contribution in [3.8, 4) is 0 Å². The molecule has 1 amide bonds. The summed E-state index contributed by atoms with van der Waals surface area (Å²) in [6.45, 7) is 5.27. The number of aromatic nitrogens is 1. The molecule has 2 rings (SSSR count). The third kappa shape index (κ3) is 4.97. The highest BCUT2D eigenvalue weighted by Gasteiger charge is 2.22. The molecule has 1 heterocycles. The van der Waals surface area contributed by atoms with Gasteiger partial charge in [-0.15, -0.1) is 0 Å². The van der Waals surface area contributed by atoms with Crippen molar-refractivity contribution in [3.05, 3.63) is 18.2 Å². The van der Waals surface area contributed by atoms with E-state index in [2.05, 4.69) is 10.3 Å². The summed E-state index contributed by atoms with van der Waals surface area (Å²) in [7, 11) is -1.99. The van der Waals surface area contributed by atoms with Crippen molar-refractivity contribution in [3.63, 3.8) is 0 Å². The van der Waals surface area contributed by atoms with Gasteiger partial charge >= 0.3 is 0 Å². The molecule has 0 aliphatic heterocycles. The summed E-state index contributed by atoms with van der Waals surface area (Å²) >= 11 is 1.15. The lowest BCUT2D eigenvalue weighted by molar-refractivity contribution is -0.118. The molecule has 0 bridgehead atoms. The molecule has 0 unspecified atom stereocenters. The van der Waals surface area contributed by atoms with E-state index >= 15 is 0 Å². The highest BCUT2D eigenvalue weighted by molar-refractivity contribution is 7.99. The van der Waals surface area contributed by atoms with E-state index in [9.17, 15) is 13.2 Å². The zero-order chi connectivity index (χ0) is 19.2. The van der Waals surface area contributed by atoms with Crippen LogP contribution in [-0.2, 0) is 19.6 Å². The first-order valence-corrected chi connectivity index (χ1v) is 10.6. The second-order valence-electron chi connectivity index (χ2n) is 5.33. The first-order chi connectivity index (χ1) is 12.4. The molecule has 1 aromatic heterocycles. The SMILES string of the molecule is CCN(CC)S(=O)(=O)c1ccc2oc(SCC(=O)NCCOC)nc2c1. The van der Waals surface area contributed by atoms with Gasteiger partial charge in [-0.1, -0.05) is 25.6 Å². The van der Waals surface area contributed by atoms with E-state index in [4.69, 9.17) is 9.15 Å². The highest BCUT2D eigenvalue weighted by atomic mass is 32.2. The fourth-order valence-corrected chi connectivity index (χ4v) is 4.44. The van der Waals surface area contributed by atoms with Gasteiger partial charge in [0.25, 0.3) is 5.22 Å². The van der Waals surface area contributed by atoms with Gasteiger partial charge in [0.1, 0.15) is 5.52 Å². The van der Waals surface area contributed by atoms with Crippen LogP contribution >= 0.6 is 11.8 Å². The Labute approximate surface area is 157 Å². The number of amides is 1. The average Bonchev–Trinajstić information content (AvgIpc) is 3.03. The van der Waals surface area contributed by atoms with Crippen LogP contribution in [0.3, 0.4) is 0 Å². The molecular weight excluding hydrogens is 378 g/mol. The fraction of sp³-hybridized carbons (Fsp3) is 0.500. The second-order valence-corrected chi connectivity index (χ2v) is 8.19. The van der Waals surface area contributed by atoms with Crippen LogP contribution in [0.1, 0.15) is 13.8 Å². The molecule has 8 nitrogen and oxygen atoms in total. The van der Waals surface area contributed by atoms with Gasteiger partial charge in [0, 0.05) is 26.7 Å². The maximum absolute atomic E-state index is 12.6. The summed E-state index contributed by atoms with van der Waals surface area (Å²) < 4.78 is 37.0. The van der Waals surface area contributed by atoms with Gasteiger partial charge in [0.05, 0.1) is 17.3 Å². The maximum atomic E-state index is 12.6. The van der Waals surface area contributed by atoms with Crippen molar-refractivity contribution in [2.24, 2.45) is 0 Å². The molecule has 0 aliphatic rings. The molecule has 0 saturated heterocycles. The average molecular weight is 402 g/mol. The standard InChI is InChI=1S/C16H23N3O5S2/c1-4-19(5-2)26(21,22)12-6-7-14-13(10-12)18-16(24-14)25-11-15(20)17-8-9-23-3/h6-7,10H,4-5,8-9,11H2,1-3H3,(H,17,20). The Morgan fingerprint density at radius 2 is 2.08 bits per heavy atom. The summed E-state index contributed by atoms with van der Waals surface area (Å²) in [5, 5.41) is 3.02. The largest absolute Gasteiger partial charge is 0.431 e. The molecule has 0 atom stereocenters. The number of thioether (sulfide) groups is 1. The van der Waals surface area contributed by atoms with Crippen LogP contribution in [0, 0.1) is 0 Å². The van der Waals surface area contributed by atoms with Gasteiger partial charge < -0.3 is 14.5 Å². The predicted octanol–water partition coefficient (Wildman–Crippen LogP) is 1.71. The Kier molecular flexibility index (Phi) is 7.44. The van der Waals surface area contributed by atoms with Crippen molar-refractivity contribution in [1.29, 1.82) is 0 Å². The van der Waals surface area contributed by atoms with E-state index in [1.54, 1.807) is 27.0 Å². The van der Waals surface area contributed by atoms with Gasteiger partial charge in [0.2, 0.25) is 15.9 Å². The summed E-state index contributed by atoms with van der Waals surface area (Å²) in [6.07, 6.45) is 0. The molecule has 0 saturated carbocycles. The number of oxazole rings is 1. The first-order valence-electron chi connectivity index (χ1n) is 8.21. The quantitative estimate of drug-likeness (QED) is 0.478. The van der Waals surface area contributed by atoms with E-state index in [-0.39, 0.29) is 16.6 Å². The van der Waals surface area contributed by atoms with Crippen molar-refractivity contribution in [1.82, 2.24) is 14.6 Å². The zero-order valence-electron chi connectivity index (χ0n) is 15.0. The number of methoxy groups -OCH3 is 1. The van der Waals surface area contributed by atoms with Crippen LogP contribution in [0.15, 0.2) is 32.7 Å². The third-order valence-corrected chi connectivity index (χ3v) is 6.51. The van der Waals surface area contributed by atoms with E-state index < -0.39 is 10.0 Å². The number of rotatable bonds is 10. The van der Waals surface area contributed by atoms with Gasteiger partial charge in [0.15, 0.2) is 5.58 Å². The second kappa shape index (κ2) is 9.36. The van der Waals surface area contributed by atoms with E-state index in [0.717, 1.165) is 11.8 Å². The van der Waals surface area contributed by atoms with Crippen LogP contribution in [0.2, 0.25) is 0 Å². The molecule has 1 aromatic carbocycles. The third-order valence-electron chi connectivity index (χ3n) is 3.64. The fourth-order valence-electron chi connectivity index (χ4n) is 2.29. The number of nitrogens with one attached hydrogen (secondary N) is 1. The van der Waals surface area contributed by atoms with Crippen LogP contribution in [0.5, 0.6) is 0 Å². The summed E-state index contributed by atoms with van der Waals surface area (Å²) in [4.78, 5) is 16.1. The van der Waals surface area contributed by atoms with E-state index in [0.29, 0.717) is 42.6 Å². The Morgan fingerprint density at radius 3 is 2.73 bits per heavy atom. The Bertz CT molecular complexity index is 847. The molecule has 10 heteroatoms. The smallest absolute Gasteiger partial charge is 0.257 e. The number of nitrogens with zero attached hydrogens (tertiary/aromatic N) is 2. The Hall–Kier alpha value is -1.62. The normalized spacial score (nSPS) is 12.0. The number of carbonyl (C=O) groups is 1.